The van der Waals surface area contributed by atoms with Gasteiger partial charge in [-0.2, -0.15) is 26.3 Å². The fraction of sp³-hybridized carbons (Fsp3) is 0.407. The largest absolute Gasteiger partial charge is 0.488 e. The standard InChI is InChI=1S/C27H25ClF6N2O/c1-2-21-14-35-25(27(32,33)34)24(36-21)22-13-20(28)10-11-23(22)37-15-16-4-3-5-18(12-16)17-6-8-19(9-7-17)26(29,30)31/h3-5,10-14,17,19H,2,6-9,15H2,1H3. The Kier molecular flexibility index (Phi) is 8.02. The average molecular weight is 543 g/mol. The second-order valence-corrected chi connectivity index (χ2v) is 9.61. The molecule has 1 aromatic heterocycles. The molecule has 4 rings (SSSR count). The van der Waals surface area contributed by atoms with Crippen LogP contribution in [0.4, 0.5) is 26.3 Å². The Morgan fingerprint density at radius 1 is 0.973 bits per heavy atom. The molecule has 198 valence electrons. The highest BCUT2D eigenvalue weighted by molar-refractivity contribution is 6.31. The number of ether oxygens (including phenoxy) is 1. The van der Waals surface area contributed by atoms with Gasteiger partial charge in [0.25, 0.3) is 0 Å². The molecule has 2 aromatic carbocycles. The van der Waals surface area contributed by atoms with Gasteiger partial charge in [-0.1, -0.05) is 42.8 Å². The summed E-state index contributed by atoms with van der Waals surface area (Å²) in [5.41, 5.74) is 0.652. The van der Waals surface area contributed by atoms with Gasteiger partial charge in [-0.15, -0.1) is 0 Å². The number of benzene rings is 2. The van der Waals surface area contributed by atoms with E-state index in [2.05, 4.69) is 9.97 Å². The van der Waals surface area contributed by atoms with E-state index in [9.17, 15) is 26.3 Å². The predicted molar refractivity (Wildman–Crippen MR) is 128 cm³/mol. The molecular formula is C27H25ClF6N2O. The molecule has 1 aliphatic rings. The Balaban J connectivity index is 1.56. The van der Waals surface area contributed by atoms with E-state index in [-0.39, 0.29) is 47.4 Å². The molecule has 0 unspecified atom stereocenters. The quantitative estimate of drug-likeness (QED) is 0.292. The van der Waals surface area contributed by atoms with E-state index in [1.54, 1.807) is 13.0 Å². The molecule has 0 aliphatic heterocycles. The minimum absolute atomic E-state index is 0.0195. The predicted octanol–water partition coefficient (Wildman–Crippen LogP) is 8.79. The molecule has 0 spiro atoms. The van der Waals surface area contributed by atoms with E-state index in [1.807, 2.05) is 18.2 Å². The summed E-state index contributed by atoms with van der Waals surface area (Å²) in [5.74, 6) is -1.07. The molecule has 3 nitrogen and oxygen atoms in total. The fourth-order valence-electron chi connectivity index (χ4n) is 4.66. The molecule has 1 heterocycles. The van der Waals surface area contributed by atoms with Crippen LogP contribution in [-0.2, 0) is 19.2 Å². The Hall–Kier alpha value is -2.81. The third kappa shape index (κ3) is 6.55. The van der Waals surface area contributed by atoms with Crippen molar-refractivity contribution in [2.75, 3.05) is 0 Å². The summed E-state index contributed by atoms with van der Waals surface area (Å²) in [5, 5.41) is 0.218. The maximum atomic E-state index is 13.7. The van der Waals surface area contributed by atoms with E-state index in [4.69, 9.17) is 16.3 Å². The minimum Gasteiger partial charge on any atom is -0.488 e. The molecule has 1 saturated carbocycles. The van der Waals surface area contributed by atoms with Crippen LogP contribution in [0, 0.1) is 5.92 Å². The molecule has 3 aromatic rings. The monoisotopic (exact) mass is 542 g/mol. The summed E-state index contributed by atoms with van der Waals surface area (Å²) in [4.78, 5) is 7.80. The highest BCUT2D eigenvalue weighted by Crippen LogP contribution is 2.43. The minimum atomic E-state index is -4.73. The first-order valence-electron chi connectivity index (χ1n) is 12.0. The fourth-order valence-corrected chi connectivity index (χ4v) is 4.83. The Labute approximate surface area is 215 Å². The number of nitrogens with zero attached hydrogens (tertiary/aromatic N) is 2. The van der Waals surface area contributed by atoms with Crippen molar-refractivity contribution in [3.63, 3.8) is 0 Å². The molecule has 0 N–H and O–H groups in total. The maximum Gasteiger partial charge on any atom is 0.435 e. The molecule has 1 fully saturated rings. The number of hydrogen-bond acceptors (Lipinski definition) is 3. The van der Waals surface area contributed by atoms with Crippen molar-refractivity contribution >= 4 is 11.6 Å². The first-order chi connectivity index (χ1) is 17.5. The van der Waals surface area contributed by atoms with Crippen molar-refractivity contribution in [3.8, 4) is 17.0 Å². The molecule has 0 amide bonds. The van der Waals surface area contributed by atoms with Gasteiger partial charge in [-0.3, -0.25) is 0 Å². The third-order valence-electron chi connectivity index (χ3n) is 6.66. The third-order valence-corrected chi connectivity index (χ3v) is 6.89. The lowest BCUT2D eigenvalue weighted by Gasteiger charge is -2.30. The van der Waals surface area contributed by atoms with Crippen LogP contribution in [0.15, 0.2) is 48.7 Å². The van der Waals surface area contributed by atoms with Crippen molar-refractivity contribution < 1.29 is 31.1 Å². The first-order valence-corrected chi connectivity index (χ1v) is 12.3. The normalized spacial score (nSPS) is 18.6. The molecule has 0 atom stereocenters. The highest BCUT2D eigenvalue weighted by Gasteiger charge is 2.41. The van der Waals surface area contributed by atoms with Gasteiger partial charge in [0.2, 0.25) is 0 Å². The molecular weight excluding hydrogens is 518 g/mol. The highest BCUT2D eigenvalue weighted by atomic mass is 35.5. The van der Waals surface area contributed by atoms with Crippen LogP contribution in [0.2, 0.25) is 5.02 Å². The van der Waals surface area contributed by atoms with Crippen LogP contribution < -0.4 is 4.74 Å². The van der Waals surface area contributed by atoms with Crippen LogP contribution in [0.5, 0.6) is 5.75 Å². The van der Waals surface area contributed by atoms with Gasteiger partial charge in [-0.25, -0.2) is 9.97 Å². The Bertz CT molecular complexity index is 1240. The average Bonchev–Trinajstić information content (AvgIpc) is 2.86. The number of hydrogen-bond donors (Lipinski definition) is 0. The van der Waals surface area contributed by atoms with Gasteiger partial charge in [-0.05, 0) is 67.3 Å². The zero-order valence-corrected chi connectivity index (χ0v) is 20.7. The molecule has 1 aliphatic carbocycles. The second-order valence-electron chi connectivity index (χ2n) is 9.17. The van der Waals surface area contributed by atoms with Crippen LogP contribution in [0.3, 0.4) is 0 Å². The molecule has 0 bridgehead atoms. The van der Waals surface area contributed by atoms with Gasteiger partial charge < -0.3 is 4.74 Å². The van der Waals surface area contributed by atoms with E-state index in [1.165, 1.54) is 18.2 Å². The smallest absolute Gasteiger partial charge is 0.435 e. The molecule has 0 saturated heterocycles. The van der Waals surface area contributed by atoms with E-state index in [0.29, 0.717) is 25.0 Å². The Morgan fingerprint density at radius 2 is 1.70 bits per heavy atom. The van der Waals surface area contributed by atoms with Gasteiger partial charge in [0.1, 0.15) is 18.1 Å². The number of alkyl halides is 6. The number of aromatic nitrogens is 2. The van der Waals surface area contributed by atoms with Gasteiger partial charge in [0.05, 0.1) is 11.6 Å². The van der Waals surface area contributed by atoms with E-state index < -0.39 is 24.0 Å². The number of aryl methyl sites for hydroxylation is 1. The zero-order valence-electron chi connectivity index (χ0n) is 20.0. The van der Waals surface area contributed by atoms with Crippen molar-refractivity contribution in [1.82, 2.24) is 9.97 Å². The SMILES string of the molecule is CCc1cnc(C(F)(F)F)c(-c2cc(Cl)ccc2OCc2cccc(C3CCC(C(F)(F)F)CC3)c2)n1. The lowest BCUT2D eigenvalue weighted by Crippen LogP contribution is -2.27. The molecule has 10 heteroatoms. The van der Waals surface area contributed by atoms with Gasteiger partial charge >= 0.3 is 12.4 Å². The molecule has 0 radical (unpaired) electrons. The van der Waals surface area contributed by atoms with Crippen molar-refractivity contribution in [3.05, 3.63) is 76.2 Å². The van der Waals surface area contributed by atoms with Gasteiger partial charge in [0, 0.05) is 16.8 Å². The summed E-state index contributed by atoms with van der Waals surface area (Å²) < 4.78 is 86.2. The zero-order chi connectivity index (χ0) is 26.8. The van der Waals surface area contributed by atoms with Crippen LogP contribution in [-0.4, -0.2) is 16.1 Å². The maximum absolute atomic E-state index is 13.7. The summed E-state index contributed by atoms with van der Waals surface area (Å²) in [6.45, 7) is 1.81. The lowest BCUT2D eigenvalue weighted by atomic mass is 9.78. The van der Waals surface area contributed by atoms with Crippen LogP contribution >= 0.6 is 11.6 Å². The number of halogens is 7. The summed E-state index contributed by atoms with van der Waals surface area (Å²) in [6.07, 6.45) is -6.30. The lowest BCUT2D eigenvalue weighted by molar-refractivity contribution is -0.182. The van der Waals surface area contributed by atoms with Crippen molar-refractivity contribution in [2.24, 2.45) is 5.92 Å². The number of rotatable bonds is 6. The summed E-state index contributed by atoms with van der Waals surface area (Å²) in [6, 6.07) is 11.7. The van der Waals surface area contributed by atoms with E-state index >= 15 is 0 Å². The summed E-state index contributed by atoms with van der Waals surface area (Å²) in [7, 11) is 0. The van der Waals surface area contributed by atoms with Crippen molar-refractivity contribution in [2.45, 2.75) is 63.9 Å². The van der Waals surface area contributed by atoms with Gasteiger partial charge in [0.15, 0.2) is 5.69 Å². The summed E-state index contributed by atoms with van der Waals surface area (Å²) >= 11 is 6.11. The molecule has 37 heavy (non-hydrogen) atoms. The first kappa shape index (κ1) is 27.2. The topological polar surface area (TPSA) is 35.0 Å². The van der Waals surface area contributed by atoms with Crippen LogP contribution in [0.1, 0.15) is 61.0 Å². The van der Waals surface area contributed by atoms with Crippen molar-refractivity contribution in [1.29, 1.82) is 0 Å². The van der Waals surface area contributed by atoms with Crippen LogP contribution in [0.25, 0.3) is 11.3 Å². The Morgan fingerprint density at radius 3 is 2.35 bits per heavy atom. The van der Waals surface area contributed by atoms with E-state index in [0.717, 1.165) is 17.3 Å². The second kappa shape index (κ2) is 10.9.